The van der Waals surface area contributed by atoms with Crippen molar-refractivity contribution in [2.24, 2.45) is 5.92 Å². The molecule has 0 aromatic carbocycles. The van der Waals surface area contributed by atoms with Gasteiger partial charge in [-0.3, -0.25) is 4.98 Å². The lowest BCUT2D eigenvalue weighted by Gasteiger charge is -2.15. The maximum atomic E-state index is 11.2. The number of aromatic nitrogens is 1. The number of halogens is 1. The standard InChI is InChI=1S/C18H28ClNO2/c1-4-5-6-7-13(2)8-10-15(19)12-17-16(18(21)22)11-9-14(3)20-17/h9,11,13,15H,4-8,10,12H2,1-3H3,(H,21,22). The molecule has 0 fully saturated rings. The van der Waals surface area contributed by atoms with Crippen LogP contribution in [-0.2, 0) is 6.42 Å². The molecule has 124 valence electrons. The minimum absolute atomic E-state index is 0.0546. The first-order chi connectivity index (χ1) is 10.4. The van der Waals surface area contributed by atoms with Gasteiger partial charge in [0.15, 0.2) is 0 Å². The van der Waals surface area contributed by atoms with E-state index in [2.05, 4.69) is 18.8 Å². The SMILES string of the molecule is CCCCCC(C)CCC(Cl)Cc1nc(C)ccc1C(=O)O. The summed E-state index contributed by atoms with van der Waals surface area (Å²) in [5, 5.41) is 9.17. The van der Waals surface area contributed by atoms with Crippen molar-refractivity contribution in [1.29, 1.82) is 0 Å². The molecule has 2 atom stereocenters. The highest BCUT2D eigenvalue weighted by atomic mass is 35.5. The summed E-state index contributed by atoms with van der Waals surface area (Å²) in [6, 6.07) is 3.35. The Kier molecular flexibility index (Phi) is 8.47. The van der Waals surface area contributed by atoms with E-state index < -0.39 is 5.97 Å². The summed E-state index contributed by atoms with van der Waals surface area (Å²) in [5.74, 6) is -0.253. The topological polar surface area (TPSA) is 50.2 Å². The number of hydrogen-bond acceptors (Lipinski definition) is 2. The summed E-state index contributed by atoms with van der Waals surface area (Å²) in [4.78, 5) is 15.6. The number of unbranched alkanes of at least 4 members (excludes halogenated alkanes) is 2. The number of aryl methyl sites for hydroxylation is 1. The van der Waals surface area contributed by atoms with E-state index in [1.165, 1.54) is 25.7 Å². The number of carboxylic acid groups (broad SMARTS) is 1. The van der Waals surface area contributed by atoms with Crippen LogP contribution in [0.3, 0.4) is 0 Å². The normalized spacial score (nSPS) is 13.8. The molecule has 0 saturated carbocycles. The van der Waals surface area contributed by atoms with Crippen LogP contribution < -0.4 is 0 Å². The van der Waals surface area contributed by atoms with Crippen LogP contribution >= 0.6 is 11.6 Å². The third kappa shape index (κ3) is 6.78. The van der Waals surface area contributed by atoms with Crippen molar-refractivity contribution in [2.45, 2.75) is 71.1 Å². The van der Waals surface area contributed by atoms with Crippen molar-refractivity contribution in [3.63, 3.8) is 0 Å². The lowest BCUT2D eigenvalue weighted by atomic mass is 9.96. The Hall–Kier alpha value is -1.09. The van der Waals surface area contributed by atoms with Crippen molar-refractivity contribution in [3.05, 3.63) is 29.1 Å². The predicted molar refractivity (Wildman–Crippen MR) is 91.8 cm³/mol. The first-order valence-electron chi connectivity index (χ1n) is 8.27. The Morgan fingerprint density at radius 2 is 2.00 bits per heavy atom. The number of nitrogens with zero attached hydrogens (tertiary/aromatic N) is 1. The highest BCUT2D eigenvalue weighted by Crippen LogP contribution is 2.21. The number of carboxylic acids is 1. The summed E-state index contributed by atoms with van der Waals surface area (Å²) in [6.07, 6.45) is 7.60. The van der Waals surface area contributed by atoms with Crippen LogP contribution in [0, 0.1) is 12.8 Å². The molecule has 2 unspecified atom stereocenters. The Bertz CT molecular complexity index is 476. The van der Waals surface area contributed by atoms with Crippen molar-refractivity contribution in [3.8, 4) is 0 Å². The van der Waals surface area contributed by atoms with Crippen LogP contribution in [0.4, 0.5) is 0 Å². The van der Waals surface area contributed by atoms with Gasteiger partial charge >= 0.3 is 5.97 Å². The molecule has 3 nitrogen and oxygen atoms in total. The number of alkyl halides is 1. The number of hydrogen-bond donors (Lipinski definition) is 1. The van der Waals surface area contributed by atoms with Crippen molar-refractivity contribution in [1.82, 2.24) is 4.98 Å². The number of carbonyl (C=O) groups is 1. The Morgan fingerprint density at radius 3 is 2.64 bits per heavy atom. The van der Waals surface area contributed by atoms with Crippen molar-refractivity contribution >= 4 is 17.6 Å². The molecule has 1 rings (SSSR count). The fraction of sp³-hybridized carbons (Fsp3) is 0.667. The number of aromatic carboxylic acids is 1. The van der Waals surface area contributed by atoms with E-state index in [1.54, 1.807) is 12.1 Å². The third-order valence-corrected chi connectivity index (χ3v) is 4.40. The molecule has 1 N–H and O–H groups in total. The van der Waals surface area contributed by atoms with Gasteiger partial charge in [0.25, 0.3) is 0 Å². The van der Waals surface area contributed by atoms with Gasteiger partial charge < -0.3 is 5.11 Å². The fourth-order valence-electron chi connectivity index (χ4n) is 2.63. The zero-order chi connectivity index (χ0) is 16.5. The van der Waals surface area contributed by atoms with Crippen LogP contribution in [0.15, 0.2) is 12.1 Å². The minimum atomic E-state index is -0.931. The van der Waals surface area contributed by atoms with Gasteiger partial charge in [0, 0.05) is 17.5 Å². The van der Waals surface area contributed by atoms with E-state index in [1.807, 2.05) is 6.92 Å². The maximum absolute atomic E-state index is 11.2. The molecule has 0 radical (unpaired) electrons. The summed E-state index contributed by atoms with van der Waals surface area (Å²) >= 11 is 6.42. The molecular weight excluding hydrogens is 298 g/mol. The zero-order valence-electron chi connectivity index (χ0n) is 13.9. The van der Waals surface area contributed by atoms with E-state index in [-0.39, 0.29) is 10.9 Å². The molecule has 0 aliphatic heterocycles. The van der Waals surface area contributed by atoms with Gasteiger partial charge in [0.05, 0.1) is 11.3 Å². The molecule has 22 heavy (non-hydrogen) atoms. The lowest BCUT2D eigenvalue weighted by molar-refractivity contribution is 0.0695. The molecular formula is C18H28ClNO2. The second-order valence-corrected chi connectivity index (χ2v) is 6.85. The van der Waals surface area contributed by atoms with Gasteiger partial charge in [-0.15, -0.1) is 11.6 Å². The van der Waals surface area contributed by atoms with E-state index in [9.17, 15) is 9.90 Å². The van der Waals surface area contributed by atoms with Gasteiger partial charge in [0.2, 0.25) is 0 Å². The number of rotatable bonds is 10. The summed E-state index contributed by atoms with van der Waals surface area (Å²) in [6.45, 7) is 6.36. The van der Waals surface area contributed by atoms with Gasteiger partial charge in [-0.25, -0.2) is 4.79 Å². The quantitative estimate of drug-likeness (QED) is 0.473. The van der Waals surface area contributed by atoms with Crippen molar-refractivity contribution < 1.29 is 9.90 Å². The highest BCUT2D eigenvalue weighted by molar-refractivity contribution is 6.20. The van der Waals surface area contributed by atoms with Crippen LogP contribution in [0.2, 0.25) is 0 Å². The van der Waals surface area contributed by atoms with Crippen molar-refractivity contribution in [2.75, 3.05) is 0 Å². The Labute approximate surface area is 139 Å². The monoisotopic (exact) mass is 325 g/mol. The Morgan fingerprint density at radius 1 is 1.27 bits per heavy atom. The van der Waals surface area contributed by atoms with Crippen LogP contribution in [0.5, 0.6) is 0 Å². The van der Waals surface area contributed by atoms with Gasteiger partial charge in [-0.05, 0) is 37.8 Å². The average Bonchev–Trinajstić information content (AvgIpc) is 2.45. The molecule has 0 aliphatic rings. The predicted octanol–water partition coefficient (Wildman–Crippen LogP) is 5.23. The van der Waals surface area contributed by atoms with Gasteiger partial charge in [-0.2, -0.15) is 0 Å². The molecule has 0 saturated heterocycles. The molecule has 4 heteroatoms. The van der Waals surface area contributed by atoms with E-state index in [4.69, 9.17) is 11.6 Å². The second kappa shape index (κ2) is 9.83. The summed E-state index contributed by atoms with van der Waals surface area (Å²) < 4.78 is 0. The second-order valence-electron chi connectivity index (χ2n) is 6.23. The first kappa shape index (κ1) is 19.0. The fourth-order valence-corrected chi connectivity index (χ4v) is 2.90. The lowest BCUT2D eigenvalue weighted by Crippen LogP contribution is -2.12. The molecule has 1 aromatic heterocycles. The highest BCUT2D eigenvalue weighted by Gasteiger charge is 2.16. The minimum Gasteiger partial charge on any atom is -0.478 e. The molecule has 0 amide bonds. The zero-order valence-corrected chi connectivity index (χ0v) is 14.7. The van der Waals surface area contributed by atoms with E-state index in [0.29, 0.717) is 18.0 Å². The summed E-state index contributed by atoms with van der Waals surface area (Å²) in [5.41, 5.74) is 1.70. The van der Waals surface area contributed by atoms with Crippen LogP contribution in [-0.4, -0.2) is 21.4 Å². The molecule has 1 aromatic rings. The van der Waals surface area contributed by atoms with Crippen LogP contribution in [0.25, 0.3) is 0 Å². The van der Waals surface area contributed by atoms with E-state index in [0.717, 1.165) is 18.5 Å². The van der Waals surface area contributed by atoms with Gasteiger partial charge in [-0.1, -0.05) is 39.5 Å². The molecule has 0 aliphatic carbocycles. The van der Waals surface area contributed by atoms with E-state index >= 15 is 0 Å². The first-order valence-corrected chi connectivity index (χ1v) is 8.71. The number of pyridine rings is 1. The average molecular weight is 326 g/mol. The maximum Gasteiger partial charge on any atom is 0.337 e. The largest absolute Gasteiger partial charge is 0.478 e. The summed E-state index contributed by atoms with van der Waals surface area (Å²) in [7, 11) is 0. The smallest absolute Gasteiger partial charge is 0.337 e. The Balaban J connectivity index is 2.49. The molecule has 1 heterocycles. The van der Waals surface area contributed by atoms with Gasteiger partial charge in [0.1, 0.15) is 0 Å². The third-order valence-electron chi connectivity index (χ3n) is 4.03. The molecule has 0 spiro atoms. The molecule has 0 bridgehead atoms. The van der Waals surface area contributed by atoms with Crippen LogP contribution in [0.1, 0.15) is 74.1 Å².